The number of pyridine rings is 2. The van der Waals surface area contributed by atoms with Gasteiger partial charge < -0.3 is 19.5 Å². The molecule has 1 N–H and O–H groups in total. The maximum atomic E-state index is 13.0. The number of nitrogens with zero attached hydrogens (tertiary/aromatic N) is 5. The molecule has 2 aliphatic heterocycles. The molecule has 0 saturated carbocycles. The number of amides is 1. The second-order valence-corrected chi connectivity index (χ2v) is 7.87. The third-order valence-corrected chi connectivity index (χ3v) is 5.69. The molecule has 1 amide bonds. The van der Waals surface area contributed by atoms with E-state index >= 15 is 0 Å². The summed E-state index contributed by atoms with van der Waals surface area (Å²) in [6.07, 6.45) is -3.04. The number of carbonyl (C=O) groups excluding carboxylic acids is 1. The highest BCUT2D eigenvalue weighted by Crippen LogP contribution is 2.29. The van der Waals surface area contributed by atoms with Gasteiger partial charge in [0.25, 0.3) is 5.91 Å². The lowest BCUT2D eigenvalue weighted by atomic mass is 10.2. The molecule has 0 aromatic carbocycles. The number of alkyl halides is 3. The number of rotatable bonds is 3. The summed E-state index contributed by atoms with van der Waals surface area (Å²) in [6, 6.07) is 7.21. The first-order chi connectivity index (χ1) is 15.4. The zero-order valence-electron chi connectivity index (χ0n) is 17.1. The van der Waals surface area contributed by atoms with Crippen molar-refractivity contribution >= 4 is 22.9 Å². The number of hydrogen-bond acceptors (Lipinski definition) is 6. The van der Waals surface area contributed by atoms with Gasteiger partial charge in [-0.15, -0.1) is 0 Å². The van der Waals surface area contributed by atoms with Gasteiger partial charge in [0.05, 0.1) is 13.2 Å². The Balaban J connectivity index is 1.38. The molecule has 0 aliphatic carbocycles. The van der Waals surface area contributed by atoms with Crippen molar-refractivity contribution in [1.29, 1.82) is 0 Å². The number of H-pyrrole nitrogens is 1. The fraction of sp³-hybridized carbons (Fsp3) is 0.429. The molecule has 2 saturated heterocycles. The van der Waals surface area contributed by atoms with Gasteiger partial charge >= 0.3 is 6.18 Å². The SMILES string of the molecule is O=C(C1CN(c2ccc3nc(-c4cccc(C(F)(F)F)n4)[nH]c3n2)CCO1)N1CCCC1. The standard InChI is InChI=1S/C21H21F3N6O2/c22-21(23,24)16-5-3-4-13(25-16)18-26-14-6-7-17(27-19(14)28-18)30-10-11-32-15(12-30)20(31)29-8-1-2-9-29/h3-7,15H,1-2,8-12H2,(H,26,27,28). The highest BCUT2D eigenvalue weighted by molar-refractivity contribution is 5.82. The van der Waals surface area contributed by atoms with Crippen LogP contribution in [-0.2, 0) is 15.7 Å². The van der Waals surface area contributed by atoms with E-state index < -0.39 is 18.0 Å². The van der Waals surface area contributed by atoms with Crippen molar-refractivity contribution in [2.45, 2.75) is 25.1 Å². The topological polar surface area (TPSA) is 87.2 Å². The van der Waals surface area contributed by atoms with E-state index in [0.29, 0.717) is 36.7 Å². The summed E-state index contributed by atoms with van der Waals surface area (Å²) in [4.78, 5) is 32.1. The number of likely N-dealkylation sites (tertiary alicyclic amines) is 1. The molecule has 3 aromatic rings. The van der Waals surface area contributed by atoms with E-state index in [-0.39, 0.29) is 17.4 Å². The Morgan fingerprint density at radius 2 is 1.88 bits per heavy atom. The van der Waals surface area contributed by atoms with Crippen molar-refractivity contribution in [1.82, 2.24) is 24.8 Å². The minimum Gasteiger partial charge on any atom is -0.365 e. The second-order valence-electron chi connectivity index (χ2n) is 7.87. The number of nitrogens with one attached hydrogen (secondary N) is 1. The Morgan fingerprint density at radius 3 is 2.66 bits per heavy atom. The fourth-order valence-electron chi connectivity index (χ4n) is 4.05. The van der Waals surface area contributed by atoms with Crippen LogP contribution in [0.1, 0.15) is 18.5 Å². The van der Waals surface area contributed by atoms with Gasteiger partial charge in [0.2, 0.25) is 0 Å². The van der Waals surface area contributed by atoms with Crippen LogP contribution in [0.25, 0.3) is 22.7 Å². The number of aromatic nitrogens is 4. The molecule has 2 aliphatic rings. The Kier molecular flexibility index (Phi) is 5.20. The Labute approximate surface area is 181 Å². The molecule has 11 heteroatoms. The van der Waals surface area contributed by atoms with Crippen molar-refractivity contribution in [2.24, 2.45) is 0 Å². The summed E-state index contributed by atoms with van der Waals surface area (Å²) < 4.78 is 44.7. The number of halogens is 3. The lowest BCUT2D eigenvalue weighted by Crippen LogP contribution is -2.50. The van der Waals surface area contributed by atoms with Crippen LogP contribution in [0.3, 0.4) is 0 Å². The van der Waals surface area contributed by atoms with Crippen LogP contribution in [0.4, 0.5) is 19.0 Å². The zero-order valence-corrected chi connectivity index (χ0v) is 17.1. The summed E-state index contributed by atoms with van der Waals surface area (Å²) >= 11 is 0. The molecule has 0 bridgehead atoms. The van der Waals surface area contributed by atoms with Crippen LogP contribution >= 0.6 is 0 Å². The lowest BCUT2D eigenvalue weighted by Gasteiger charge is -2.34. The minimum absolute atomic E-state index is 0.00715. The van der Waals surface area contributed by atoms with Gasteiger partial charge in [-0.05, 0) is 37.1 Å². The molecule has 32 heavy (non-hydrogen) atoms. The molecular weight excluding hydrogens is 425 g/mol. The van der Waals surface area contributed by atoms with E-state index in [4.69, 9.17) is 4.74 Å². The monoisotopic (exact) mass is 446 g/mol. The van der Waals surface area contributed by atoms with E-state index in [1.807, 2.05) is 9.80 Å². The first-order valence-corrected chi connectivity index (χ1v) is 10.5. The Hall–Kier alpha value is -3.21. The van der Waals surface area contributed by atoms with Crippen molar-refractivity contribution in [3.8, 4) is 11.5 Å². The van der Waals surface area contributed by atoms with Gasteiger partial charge in [0.15, 0.2) is 17.6 Å². The number of ether oxygens (including phenoxy) is 1. The molecule has 168 valence electrons. The summed E-state index contributed by atoms with van der Waals surface area (Å²) in [5.74, 6) is 0.861. The fourth-order valence-corrected chi connectivity index (χ4v) is 4.05. The van der Waals surface area contributed by atoms with Crippen molar-refractivity contribution in [2.75, 3.05) is 37.7 Å². The molecule has 8 nitrogen and oxygen atoms in total. The third-order valence-electron chi connectivity index (χ3n) is 5.69. The Morgan fingerprint density at radius 1 is 1.06 bits per heavy atom. The van der Waals surface area contributed by atoms with Crippen molar-refractivity contribution in [3.05, 3.63) is 36.0 Å². The number of anilines is 1. The van der Waals surface area contributed by atoms with Crippen LogP contribution in [-0.4, -0.2) is 69.6 Å². The normalized spacial score (nSPS) is 19.7. The molecule has 5 heterocycles. The van der Waals surface area contributed by atoms with E-state index in [2.05, 4.69) is 19.9 Å². The van der Waals surface area contributed by atoms with E-state index in [9.17, 15) is 18.0 Å². The number of fused-ring (bicyclic) bond motifs is 1. The van der Waals surface area contributed by atoms with Gasteiger partial charge in [-0.2, -0.15) is 13.2 Å². The summed E-state index contributed by atoms with van der Waals surface area (Å²) in [5, 5.41) is 0. The Bertz CT molecular complexity index is 1140. The van der Waals surface area contributed by atoms with E-state index in [0.717, 1.165) is 32.0 Å². The van der Waals surface area contributed by atoms with Crippen LogP contribution in [0.15, 0.2) is 30.3 Å². The molecule has 1 atom stereocenters. The molecule has 0 radical (unpaired) electrons. The average molecular weight is 446 g/mol. The predicted molar refractivity (Wildman–Crippen MR) is 110 cm³/mol. The van der Waals surface area contributed by atoms with E-state index in [1.54, 1.807) is 12.1 Å². The number of morpholine rings is 1. The highest BCUT2D eigenvalue weighted by atomic mass is 19.4. The zero-order chi connectivity index (χ0) is 22.3. The number of imidazole rings is 1. The van der Waals surface area contributed by atoms with Crippen LogP contribution in [0.2, 0.25) is 0 Å². The predicted octanol–water partition coefficient (Wildman–Crippen LogP) is 2.87. The molecular formula is C21H21F3N6O2. The summed E-state index contributed by atoms with van der Waals surface area (Å²) in [5.41, 5.74) is 0.0553. The van der Waals surface area contributed by atoms with Crippen LogP contribution < -0.4 is 4.90 Å². The largest absolute Gasteiger partial charge is 0.433 e. The van der Waals surface area contributed by atoms with Gasteiger partial charge in [0.1, 0.15) is 22.7 Å². The molecule has 0 spiro atoms. The van der Waals surface area contributed by atoms with Gasteiger partial charge in [-0.25, -0.2) is 15.0 Å². The molecule has 5 rings (SSSR count). The van der Waals surface area contributed by atoms with Crippen molar-refractivity contribution in [3.63, 3.8) is 0 Å². The molecule has 3 aromatic heterocycles. The summed E-state index contributed by atoms with van der Waals surface area (Å²) in [7, 11) is 0. The maximum absolute atomic E-state index is 13.0. The van der Waals surface area contributed by atoms with Gasteiger partial charge in [-0.1, -0.05) is 6.07 Å². The quantitative estimate of drug-likeness (QED) is 0.666. The number of carbonyl (C=O) groups is 1. The van der Waals surface area contributed by atoms with Crippen molar-refractivity contribution < 1.29 is 22.7 Å². The average Bonchev–Trinajstić information content (AvgIpc) is 3.48. The summed E-state index contributed by atoms with van der Waals surface area (Å²) in [6.45, 7) is 2.92. The highest BCUT2D eigenvalue weighted by Gasteiger charge is 2.33. The minimum atomic E-state index is -4.53. The lowest BCUT2D eigenvalue weighted by molar-refractivity contribution is -0.143. The van der Waals surface area contributed by atoms with Crippen LogP contribution in [0, 0.1) is 0 Å². The first-order valence-electron chi connectivity index (χ1n) is 10.5. The first kappa shape index (κ1) is 20.7. The third kappa shape index (κ3) is 3.99. The number of aromatic amines is 1. The number of hydrogen-bond donors (Lipinski definition) is 1. The van der Waals surface area contributed by atoms with Gasteiger partial charge in [-0.3, -0.25) is 4.79 Å². The smallest absolute Gasteiger partial charge is 0.365 e. The van der Waals surface area contributed by atoms with E-state index in [1.165, 1.54) is 12.1 Å². The second kappa shape index (κ2) is 8.05. The molecule has 2 fully saturated rings. The maximum Gasteiger partial charge on any atom is 0.433 e. The molecule has 1 unspecified atom stereocenters. The van der Waals surface area contributed by atoms with Gasteiger partial charge in [0, 0.05) is 19.6 Å². The van der Waals surface area contributed by atoms with Crippen LogP contribution in [0.5, 0.6) is 0 Å².